The highest BCUT2D eigenvalue weighted by Gasteiger charge is 2.54. The number of benzene rings is 2. The van der Waals surface area contributed by atoms with Gasteiger partial charge in [0.25, 0.3) is 0 Å². The van der Waals surface area contributed by atoms with Gasteiger partial charge < -0.3 is 19.7 Å². The van der Waals surface area contributed by atoms with Gasteiger partial charge in [-0.05, 0) is 146 Å². The van der Waals surface area contributed by atoms with E-state index < -0.39 is 0 Å². The highest BCUT2D eigenvalue weighted by Crippen LogP contribution is 2.65. The average Bonchev–Trinajstić information content (AvgIpc) is 2.88. The molecule has 2 aromatic carbocycles. The number of fused-ring (bicyclic) bond motifs is 1. The molecule has 204 valence electrons. The molecule has 0 saturated heterocycles. The Balaban J connectivity index is 1.36. The second kappa shape index (κ2) is 8.86. The van der Waals surface area contributed by atoms with Gasteiger partial charge in [-0.2, -0.15) is 0 Å². The van der Waals surface area contributed by atoms with Crippen LogP contribution >= 0.6 is 0 Å². The Morgan fingerprint density at radius 1 is 0.632 bits per heavy atom. The molecular formula is C34H44O4. The van der Waals surface area contributed by atoms with E-state index in [-0.39, 0.29) is 37.3 Å². The predicted molar refractivity (Wildman–Crippen MR) is 149 cm³/mol. The largest absolute Gasteiger partial charge is 0.487 e. The molecular weight excluding hydrogens is 472 g/mol. The molecule has 8 aliphatic rings. The molecule has 0 atom stereocenters. The van der Waals surface area contributed by atoms with Crippen LogP contribution in [0.3, 0.4) is 0 Å². The third-order valence-corrected chi connectivity index (χ3v) is 12.0. The zero-order valence-corrected chi connectivity index (χ0v) is 22.8. The van der Waals surface area contributed by atoms with Crippen LogP contribution in [0.25, 0.3) is 10.8 Å². The molecule has 8 saturated carbocycles. The molecule has 2 aromatic rings. The van der Waals surface area contributed by atoms with Crippen molar-refractivity contribution in [3.63, 3.8) is 0 Å². The minimum atomic E-state index is -0.0167. The number of aliphatic hydroxyl groups is 2. The van der Waals surface area contributed by atoms with E-state index >= 15 is 0 Å². The number of hydrogen-bond donors (Lipinski definition) is 2. The number of aliphatic hydroxyl groups excluding tert-OH is 2. The second-order valence-electron chi connectivity index (χ2n) is 14.5. The molecule has 0 spiro atoms. The van der Waals surface area contributed by atoms with E-state index in [0.29, 0.717) is 0 Å². The van der Waals surface area contributed by atoms with Gasteiger partial charge in [0.1, 0.15) is 13.2 Å². The molecule has 8 bridgehead atoms. The summed E-state index contributed by atoms with van der Waals surface area (Å²) >= 11 is 0. The predicted octanol–water partition coefficient (Wildman–Crippen LogP) is 6.52. The fraction of sp³-hybridized carbons (Fsp3) is 0.706. The summed E-state index contributed by atoms with van der Waals surface area (Å²) in [5, 5.41) is 22.1. The van der Waals surface area contributed by atoms with E-state index in [1.165, 1.54) is 98.9 Å². The van der Waals surface area contributed by atoms with E-state index in [9.17, 15) is 10.2 Å². The van der Waals surface area contributed by atoms with Crippen molar-refractivity contribution in [3.05, 3.63) is 35.4 Å². The number of rotatable bonds is 8. The van der Waals surface area contributed by atoms with Crippen molar-refractivity contribution in [1.82, 2.24) is 0 Å². The van der Waals surface area contributed by atoms with Crippen LogP contribution in [0.2, 0.25) is 0 Å². The Kier molecular flexibility index (Phi) is 5.61. The summed E-state index contributed by atoms with van der Waals surface area (Å²) in [5.74, 6) is 6.81. The summed E-state index contributed by atoms with van der Waals surface area (Å²) in [7, 11) is 0. The van der Waals surface area contributed by atoms with Crippen LogP contribution in [0, 0.1) is 35.5 Å². The van der Waals surface area contributed by atoms with Crippen molar-refractivity contribution < 1.29 is 19.7 Å². The first-order valence-electron chi connectivity index (χ1n) is 15.7. The molecule has 0 amide bonds. The lowest BCUT2D eigenvalue weighted by Crippen LogP contribution is -2.49. The first kappa shape index (κ1) is 24.1. The normalized spacial score (nSPS) is 40.3. The molecule has 8 aliphatic carbocycles. The minimum Gasteiger partial charge on any atom is -0.487 e. The molecule has 0 aromatic heterocycles. The summed E-state index contributed by atoms with van der Waals surface area (Å²) < 4.78 is 12.7. The first-order valence-corrected chi connectivity index (χ1v) is 15.7. The topological polar surface area (TPSA) is 58.9 Å². The standard InChI is InChI=1S/C34H44O4/c35-4-6-37-30-14-29(34-18-24-11-25(19-34)13-26(12-24)20-34)27-2-1-3-28(31(27)32(30)38-7-5-36)33-15-21-8-22(16-33)10-23(9-21)17-33/h1-3,14,21-26,35-36H,4-13,15-20H2. The zero-order chi connectivity index (χ0) is 25.5. The van der Waals surface area contributed by atoms with E-state index in [2.05, 4.69) is 24.3 Å². The van der Waals surface area contributed by atoms with Crippen LogP contribution in [-0.4, -0.2) is 36.6 Å². The van der Waals surface area contributed by atoms with Crippen molar-refractivity contribution >= 4 is 10.8 Å². The second-order valence-corrected chi connectivity index (χ2v) is 14.5. The number of ether oxygens (including phenoxy) is 2. The molecule has 10 rings (SSSR count). The molecule has 0 heterocycles. The Morgan fingerprint density at radius 2 is 1.11 bits per heavy atom. The molecule has 8 fully saturated rings. The Bertz CT molecular complexity index is 1120. The van der Waals surface area contributed by atoms with Gasteiger partial charge in [-0.15, -0.1) is 0 Å². The van der Waals surface area contributed by atoms with Gasteiger partial charge in [-0.3, -0.25) is 0 Å². The lowest BCUT2D eigenvalue weighted by atomic mass is 9.47. The van der Waals surface area contributed by atoms with Crippen LogP contribution in [0.15, 0.2) is 24.3 Å². The van der Waals surface area contributed by atoms with Crippen molar-refractivity contribution in [2.24, 2.45) is 35.5 Å². The van der Waals surface area contributed by atoms with Gasteiger partial charge in [0.2, 0.25) is 0 Å². The van der Waals surface area contributed by atoms with E-state index in [0.717, 1.165) is 47.0 Å². The lowest BCUT2D eigenvalue weighted by Gasteiger charge is -2.58. The van der Waals surface area contributed by atoms with Crippen molar-refractivity contribution in [2.75, 3.05) is 26.4 Å². The van der Waals surface area contributed by atoms with Gasteiger partial charge >= 0.3 is 0 Å². The average molecular weight is 517 g/mol. The monoisotopic (exact) mass is 516 g/mol. The summed E-state index contributed by atoms with van der Waals surface area (Å²) in [5.41, 5.74) is 3.45. The zero-order valence-electron chi connectivity index (χ0n) is 22.8. The summed E-state index contributed by atoms with van der Waals surface area (Å²) in [6.07, 6.45) is 16.5. The van der Waals surface area contributed by atoms with Gasteiger partial charge in [0.15, 0.2) is 11.5 Å². The maximum Gasteiger partial charge on any atom is 0.169 e. The third-order valence-electron chi connectivity index (χ3n) is 12.0. The highest BCUT2D eigenvalue weighted by molar-refractivity contribution is 5.97. The molecule has 2 N–H and O–H groups in total. The van der Waals surface area contributed by atoms with Gasteiger partial charge in [-0.25, -0.2) is 0 Å². The summed E-state index contributed by atoms with van der Waals surface area (Å²) in [6, 6.07) is 9.43. The minimum absolute atomic E-state index is 0.0131. The molecule has 0 unspecified atom stereocenters. The highest BCUT2D eigenvalue weighted by atomic mass is 16.5. The Morgan fingerprint density at radius 3 is 1.61 bits per heavy atom. The fourth-order valence-corrected chi connectivity index (χ4v) is 11.7. The quantitative estimate of drug-likeness (QED) is 0.420. The molecule has 4 heteroatoms. The molecule has 4 nitrogen and oxygen atoms in total. The van der Waals surface area contributed by atoms with E-state index in [4.69, 9.17) is 9.47 Å². The lowest BCUT2D eigenvalue weighted by molar-refractivity contribution is -0.00535. The van der Waals surface area contributed by atoms with Crippen LogP contribution in [0.4, 0.5) is 0 Å². The van der Waals surface area contributed by atoms with Gasteiger partial charge in [0.05, 0.1) is 13.2 Å². The fourth-order valence-electron chi connectivity index (χ4n) is 11.7. The maximum atomic E-state index is 9.77. The summed E-state index contributed by atoms with van der Waals surface area (Å²) in [4.78, 5) is 0. The molecule has 0 radical (unpaired) electrons. The van der Waals surface area contributed by atoms with Crippen LogP contribution in [-0.2, 0) is 10.8 Å². The van der Waals surface area contributed by atoms with Crippen LogP contribution < -0.4 is 9.47 Å². The van der Waals surface area contributed by atoms with Gasteiger partial charge in [0, 0.05) is 5.39 Å². The smallest absolute Gasteiger partial charge is 0.169 e. The van der Waals surface area contributed by atoms with Crippen LogP contribution in [0.1, 0.15) is 88.2 Å². The SMILES string of the molecule is OCCOc1cc(C23CC4CC(CC(C4)C2)C3)c2cccc(C34CC5CC(CC(C5)C3)C4)c2c1OCCO. The van der Waals surface area contributed by atoms with Crippen molar-refractivity contribution in [2.45, 2.75) is 87.9 Å². The molecule has 0 aliphatic heterocycles. The first-order chi connectivity index (χ1) is 18.6. The Labute approximate surface area is 227 Å². The van der Waals surface area contributed by atoms with Crippen LogP contribution in [0.5, 0.6) is 11.5 Å². The van der Waals surface area contributed by atoms with E-state index in [1.54, 1.807) is 0 Å². The Hall–Kier alpha value is -1.78. The molecule has 38 heavy (non-hydrogen) atoms. The van der Waals surface area contributed by atoms with Gasteiger partial charge in [-0.1, -0.05) is 18.2 Å². The van der Waals surface area contributed by atoms with Crippen molar-refractivity contribution in [3.8, 4) is 11.5 Å². The number of hydrogen-bond acceptors (Lipinski definition) is 4. The van der Waals surface area contributed by atoms with Crippen molar-refractivity contribution in [1.29, 1.82) is 0 Å². The third kappa shape index (κ3) is 3.61. The summed E-state index contributed by atoms with van der Waals surface area (Å²) in [6.45, 7) is 0.495. The van der Waals surface area contributed by atoms with E-state index in [1.807, 2.05) is 0 Å². The maximum absolute atomic E-state index is 9.77.